The highest BCUT2D eigenvalue weighted by Crippen LogP contribution is 2.22. The number of benzene rings is 2. The highest BCUT2D eigenvalue weighted by Gasteiger charge is 2.29. The number of amides is 2. The number of carbonyl (C=O) groups is 3. The molecule has 2 aromatic rings. The quantitative estimate of drug-likeness (QED) is 0.563. The van der Waals surface area contributed by atoms with Crippen molar-refractivity contribution >= 4 is 23.5 Å². The van der Waals surface area contributed by atoms with Gasteiger partial charge in [-0.3, -0.25) is 14.4 Å². The van der Waals surface area contributed by atoms with Crippen LogP contribution in [-0.4, -0.2) is 42.4 Å². The van der Waals surface area contributed by atoms with Crippen molar-refractivity contribution < 1.29 is 19.1 Å². The van der Waals surface area contributed by atoms with E-state index in [1.54, 1.807) is 16.7 Å². The fourth-order valence-corrected chi connectivity index (χ4v) is 4.13. The molecule has 1 atom stereocenters. The topological polar surface area (TPSA) is 66.9 Å². The third kappa shape index (κ3) is 6.67. The summed E-state index contributed by atoms with van der Waals surface area (Å²) in [5.74, 6) is -0.385. The second-order valence-electron chi connectivity index (χ2n) is 8.59. The molecule has 6 heteroatoms. The zero-order valence-corrected chi connectivity index (χ0v) is 19.9. The first kappa shape index (κ1) is 24.5. The van der Waals surface area contributed by atoms with Crippen molar-refractivity contribution in [2.45, 2.75) is 53.0 Å². The number of aryl methyl sites for hydroxylation is 1. The minimum Gasteiger partial charge on any atom is -0.466 e. The Morgan fingerprint density at radius 2 is 1.67 bits per heavy atom. The van der Waals surface area contributed by atoms with Crippen LogP contribution < -0.4 is 4.90 Å². The van der Waals surface area contributed by atoms with Crippen LogP contribution >= 0.6 is 0 Å². The summed E-state index contributed by atoms with van der Waals surface area (Å²) >= 11 is 0. The average molecular weight is 451 g/mol. The predicted molar refractivity (Wildman–Crippen MR) is 129 cm³/mol. The second-order valence-corrected chi connectivity index (χ2v) is 8.59. The molecule has 1 fully saturated rings. The number of carbonyl (C=O) groups excluding carboxylic acids is 3. The van der Waals surface area contributed by atoms with Crippen LogP contribution in [0, 0.1) is 12.8 Å². The Labute approximate surface area is 196 Å². The highest BCUT2D eigenvalue weighted by atomic mass is 16.5. The van der Waals surface area contributed by atoms with Gasteiger partial charge in [0.25, 0.3) is 0 Å². The van der Waals surface area contributed by atoms with Gasteiger partial charge in [0.15, 0.2) is 0 Å². The van der Waals surface area contributed by atoms with Crippen molar-refractivity contribution in [3.63, 3.8) is 0 Å². The largest absolute Gasteiger partial charge is 0.466 e. The van der Waals surface area contributed by atoms with E-state index >= 15 is 0 Å². The summed E-state index contributed by atoms with van der Waals surface area (Å²) in [5.41, 5.74) is 3.96. The molecule has 0 saturated carbocycles. The van der Waals surface area contributed by atoms with Crippen LogP contribution in [-0.2, 0) is 32.1 Å². The van der Waals surface area contributed by atoms with E-state index in [1.807, 2.05) is 62.4 Å². The summed E-state index contributed by atoms with van der Waals surface area (Å²) in [6.45, 7) is 7.65. The Morgan fingerprint density at radius 1 is 1.00 bits per heavy atom. The maximum Gasteiger partial charge on any atom is 0.310 e. The fourth-order valence-electron chi connectivity index (χ4n) is 4.13. The van der Waals surface area contributed by atoms with Crippen LogP contribution in [0.5, 0.6) is 0 Å². The predicted octanol–water partition coefficient (Wildman–Crippen LogP) is 4.28. The van der Waals surface area contributed by atoms with Gasteiger partial charge < -0.3 is 14.5 Å². The first-order valence-corrected chi connectivity index (χ1v) is 11.8. The Morgan fingerprint density at radius 3 is 2.30 bits per heavy atom. The van der Waals surface area contributed by atoms with Gasteiger partial charge in [-0.05, 0) is 49.9 Å². The first-order chi connectivity index (χ1) is 15.9. The molecule has 0 aliphatic carbocycles. The molecule has 1 saturated heterocycles. The number of hydrogen-bond acceptors (Lipinski definition) is 4. The summed E-state index contributed by atoms with van der Waals surface area (Å²) in [6, 6.07) is 15.8. The van der Waals surface area contributed by atoms with Gasteiger partial charge in [-0.2, -0.15) is 0 Å². The Bertz CT molecular complexity index is 953. The molecule has 1 aliphatic heterocycles. The lowest BCUT2D eigenvalue weighted by Crippen LogP contribution is -2.43. The molecule has 0 unspecified atom stereocenters. The van der Waals surface area contributed by atoms with E-state index in [-0.39, 0.29) is 30.1 Å². The lowest BCUT2D eigenvalue weighted by molar-refractivity contribution is -0.151. The van der Waals surface area contributed by atoms with E-state index in [9.17, 15) is 14.4 Å². The summed E-state index contributed by atoms with van der Waals surface area (Å²) in [4.78, 5) is 41.1. The molecule has 0 aromatic heterocycles. The van der Waals surface area contributed by atoms with E-state index < -0.39 is 0 Å². The average Bonchev–Trinajstić information content (AvgIpc) is 2.84. The Kier molecular flexibility index (Phi) is 8.64. The van der Waals surface area contributed by atoms with Crippen molar-refractivity contribution in [3.8, 4) is 0 Å². The number of hydrogen-bond donors (Lipinski definition) is 0. The molecule has 1 aliphatic rings. The van der Waals surface area contributed by atoms with Crippen molar-refractivity contribution in [1.29, 1.82) is 0 Å². The van der Waals surface area contributed by atoms with E-state index in [0.717, 1.165) is 29.7 Å². The molecule has 0 radical (unpaired) electrons. The van der Waals surface area contributed by atoms with Crippen LogP contribution in [0.25, 0.3) is 0 Å². The smallest absolute Gasteiger partial charge is 0.310 e. The van der Waals surface area contributed by atoms with Gasteiger partial charge in [0.1, 0.15) is 0 Å². The second kappa shape index (κ2) is 11.6. The molecule has 0 bridgehead atoms. The summed E-state index contributed by atoms with van der Waals surface area (Å²) < 4.78 is 5.13. The number of likely N-dealkylation sites (tertiary alicyclic amines) is 1. The zero-order chi connectivity index (χ0) is 23.8. The standard InChI is InChI=1S/C27H34N2O4/c1-4-25(30)29(18-22-10-8-20(3)9-11-22)24-14-12-21(13-15-24)17-26(31)28-16-6-7-23(19-28)27(32)33-5-2/h8-15,23H,4-7,16-19H2,1-3H3/t23-/m1/s1. The van der Waals surface area contributed by atoms with Gasteiger partial charge in [-0.25, -0.2) is 0 Å². The first-order valence-electron chi connectivity index (χ1n) is 11.8. The minimum absolute atomic E-state index is 0.0119. The van der Waals surface area contributed by atoms with Gasteiger partial charge in [0.05, 0.1) is 25.5 Å². The lowest BCUT2D eigenvalue weighted by atomic mass is 9.97. The highest BCUT2D eigenvalue weighted by molar-refractivity contribution is 5.93. The molecule has 176 valence electrons. The summed E-state index contributed by atoms with van der Waals surface area (Å²) in [5, 5.41) is 0. The molecule has 0 N–H and O–H groups in total. The third-order valence-corrected chi connectivity index (χ3v) is 6.06. The monoisotopic (exact) mass is 450 g/mol. The van der Waals surface area contributed by atoms with E-state index in [4.69, 9.17) is 4.74 Å². The number of rotatable bonds is 8. The van der Waals surface area contributed by atoms with E-state index in [1.165, 1.54) is 5.56 Å². The van der Waals surface area contributed by atoms with Crippen molar-refractivity contribution in [1.82, 2.24) is 4.90 Å². The fraction of sp³-hybridized carbons (Fsp3) is 0.444. The van der Waals surface area contributed by atoms with Gasteiger partial charge in [0, 0.05) is 25.2 Å². The van der Waals surface area contributed by atoms with Crippen LogP contribution in [0.3, 0.4) is 0 Å². The zero-order valence-electron chi connectivity index (χ0n) is 19.9. The van der Waals surface area contributed by atoms with Gasteiger partial charge in [0.2, 0.25) is 11.8 Å². The molecular formula is C27H34N2O4. The summed E-state index contributed by atoms with van der Waals surface area (Å²) in [6.07, 6.45) is 2.26. The lowest BCUT2D eigenvalue weighted by Gasteiger charge is -2.31. The van der Waals surface area contributed by atoms with E-state index in [0.29, 0.717) is 32.7 Å². The molecule has 33 heavy (non-hydrogen) atoms. The van der Waals surface area contributed by atoms with E-state index in [2.05, 4.69) is 0 Å². The molecule has 3 rings (SSSR count). The van der Waals surface area contributed by atoms with Gasteiger partial charge in [-0.1, -0.05) is 48.9 Å². The third-order valence-electron chi connectivity index (χ3n) is 6.06. The van der Waals surface area contributed by atoms with Crippen molar-refractivity contribution in [2.24, 2.45) is 5.92 Å². The van der Waals surface area contributed by atoms with Gasteiger partial charge >= 0.3 is 5.97 Å². The SMILES string of the molecule is CCOC(=O)[C@@H]1CCCN(C(=O)Cc2ccc(N(Cc3ccc(C)cc3)C(=O)CC)cc2)C1. The Hall–Kier alpha value is -3.15. The van der Waals surface area contributed by atoms with Crippen LogP contribution in [0.4, 0.5) is 5.69 Å². The number of nitrogens with zero attached hydrogens (tertiary/aromatic N) is 2. The normalized spacial score (nSPS) is 15.7. The van der Waals surface area contributed by atoms with Crippen LogP contribution in [0.15, 0.2) is 48.5 Å². The van der Waals surface area contributed by atoms with Crippen LogP contribution in [0.2, 0.25) is 0 Å². The Balaban J connectivity index is 1.65. The number of anilines is 1. The molecule has 2 amide bonds. The molecule has 2 aromatic carbocycles. The van der Waals surface area contributed by atoms with Crippen molar-refractivity contribution in [2.75, 3.05) is 24.6 Å². The molecular weight excluding hydrogens is 416 g/mol. The maximum absolute atomic E-state index is 12.8. The van der Waals surface area contributed by atoms with Crippen LogP contribution in [0.1, 0.15) is 49.8 Å². The molecule has 0 spiro atoms. The maximum atomic E-state index is 12.8. The number of ether oxygens (including phenoxy) is 1. The van der Waals surface area contributed by atoms with Gasteiger partial charge in [-0.15, -0.1) is 0 Å². The molecule has 6 nitrogen and oxygen atoms in total. The molecule has 1 heterocycles. The number of esters is 1. The minimum atomic E-state index is -0.236. The number of piperidine rings is 1. The summed E-state index contributed by atoms with van der Waals surface area (Å²) in [7, 11) is 0. The van der Waals surface area contributed by atoms with Crippen molar-refractivity contribution in [3.05, 3.63) is 65.2 Å².